The Bertz CT molecular complexity index is 2590. The molecule has 0 unspecified atom stereocenters. The van der Waals surface area contributed by atoms with E-state index in [9.17, 15) is 19.8 Å². The summed E-state index contributed by atoms with van der Waals surface area (Å²) in [7, 11) is 1.35. The lowest BCUT2D eigenvalue weighted by Crippen LogP contribution is -2.37. The summed E-state index contributed by atoms with van der Waals surface area (Å²) < 4.78 is 20.5. The predicted octanol–water partition coefficient (Wildman–Crippen LogP) is 15.4. The molecule has 8 rings (SSSR count). The topological polar surface area (TPSA) is 145 Å². The molecule has 0 bridgehead atoms. The number of hydrogen-bond donors (Lipinski definition) is 2. The van der Waals surface area contributed by atoms with Crippen LogP contribution in [0.25, 0.3) is 0 Å². The van der Waals surface area contributed by atoms with Gasteiger partial charge in [-0.1, -0.05) is 150 Å². The summed E-state index contributed by atoms with van der Waals surface area (Å²) >= 11 is 3.60. The van der Waals surface area contributed by atoms with Gasteiger partial charge in [-0.2, -0.15) is 0 Å². The maximum atomic E-state index is 11.4. The minimum absolute atomic E-state index is 0. The van der Waals surface area contributed by atoms with Crippen LogP contribution in [-0.2, 0) is 47.9 Å². The van der Waals surface area contributed by atoms with Crippen molar-refractivity contribution < 1.29 is 38.3 Å². The highest BCUT2D eigenvalue weighted by Crippen LogP contribution is 2.51. The van der Waals surface area contributed by atoms with Gasteiger partial charge in [0.1, 0.15) is 30.6 Å². The highest BCUT2D eigenvalue weighted by atomic mass is 79.9. The lowest BCUT2D eigenvalue weighted by molar-refractivity contribution is -0.141. The van der Waals surface area contributed by atoms with Crippen LogP contribution in [0.5, 0.6) is 11.5 Å². The maximum Gasteiger partial charge on any atom is 0.306 e. The average molecular weight is 1030 g/mol. The number of benzene rings is 4. The number of esters is 1. The fourth-order valence-corrected chi connectivity index (χ4v) is 11.1. The summed E-state index contributed by atoms with van der Waals surface area (Å²) in [6.45, 7) is 19.3. The molecule has 0 saturated heterocycles. The zero-order valence-corrected chi connectivity index (χ0v) is 44.2. The molecule has 10 nitrogen and oxygen atoms in total. The molecule has 2 aromatic heterocycles. The molecule has 4 aromatic carbocycles. The van der Waals surface area contributed by atoms with E-state index in [4.69, 9.17) is 13.8 Å². The van der Waals surface area contributed by atoms with Crippen molar-refractivity contribution in [2.75, 3.05) is 7.11 Å². The molecular formula is C60H77BrN2O8. The average Bonchev–Trinajstić information content (AvgIpc) is 4.12. The molecule has 0 saturated carbocycles. The highest BCUT2D eigenvalue weighted by Gasteiger charge is 2.42. The summed E-state index contributed by atoms with van der Waals surface area (Å²) in [5.41, 5.74) is 13.0. The molecule has 0 spiro atoms. The van der Waals surface area contributed by atoms with Crippen molar-refractivity contribution in [3.8, 4) is 11.5 Å². The van der Waals surface area contributed by atoms with Gasteiger partial charge in [-0.05, 0) is 142 Å². The number of alkyl halides is 1. The van der Waals surface area contributed by atoms with Crippen molar-refractivity contribution >= 4 is 27.9 Å². The van der Waals surface area contributed by atoms with Crippen LogP contribution in [0, 0.1) is 0 Å². The van der Waals surface area contributed by atoms with Crippen LogP contribution >= 0.6 is 15.9 Å². The van der Waals surface area contributed by atoms with E-state index in [1.165, 1.54) is 80.4 Å². The summed E-state index contributed by atoms with van der Waals surface area (Å²) in [4.78, 5) is 22.8. The van der Waals surface area contributed by atoms with Crippen molar-refractivity contribution in [3.63, 3.8) is 0 Å². The Morgan fingerprint density at radius 2 is 1.08 bits per heavy atom. The number of aromatic nitrogens is 2. The van der Waals surface area contributed by atoms with Gasteiger partial charge in [0.05, 0.1) is 31.3 Å². The number of aliphatic carboxylic acids is 1. The van der Waals surface area contributed by atoms with E-state index in [2.05, 4.69) is 123 Å². The van der Waals surface area contributed by atoms with Gasteiger partial charge in [0.15, 0.2) is 0 Å². The molecule has 0 aliphatic heterocycles. The van der Waals surface area contributed by atoms with Crippen LogP contribution < -0.4 is 4.74 Å². The Morgan fingerprint density at radius 3 is 1.51 bits per heavy atom. The monoisotopic (exact) mass is 1030 g/mol. The van der Waals surface area contributed by atoms with Crippen LogP contribution in [0.1, 0.15) is 195 Å². The second kappa shape index (κ2) is 24.6. The largest absolute Gasteiger partial charge is 0.508 e. The molecule has 2 N–H and O–H groups in total. The Labute approximate surface area is 431 Å². The Morgan fingerprint density at radius 1 is 0.634 bits per heavy atom. The van der Waals surface area contributed by atoms with Crippen molar-refractivity contribution in [2.45, 2.75) is 172 Å². The van der Waals surface area contributed by atoms with Gasteiger partial charge >= 0.3 is 11.9 Å². The summed E-state index contributed by atoms with van der Waals surface area (Å²) in [5, 5.41) is 27.4. The second-order valence-electron chi connectivity index (χ2n) is 20.4. The van der Waals surface area contributed by atoms with Crippen LogP contribution in [0.15, 0.2) is 119 Å². The molecule has 0 radical (unpaired) electrons. The predicted molar refractivity (Wildman–Crippen MR) is 286 cm³/mol. The summed E-state index contributed by atoms with van der Waals surface area (Å²) in [6.07, 6.45) is 13.0. The Kier molecular flexibility index (Phi) is 19.5. The van der Waals surface area contributed by atoms with Crippen LogP contribution in [-0.4, -0.2) is 39.6 Å². The first-order valence-electron chi connectivity index (χ1n) is 24.9. The van der Waals surface area contributed by atoms with E-state index in [1.807, 2.05) is 24.3 Å². The number of fused-ring (bicyclic) bond motifs is 2. The van der Waals surface area contributed by atoms with E-state index >= 15 is 0 Å². The second-order valence-corrected chi connectivity index (χ2v) is 21.0. The quantitative estimate of drug-likeness (QED) is 0.0710. The number of carbonyl (C=O) groups excluding carboxylic acids is 1. The molecule has 0 amide bonds. The van der Waals surface area contributed by atoms with Gasteiger partial charge in [0.2, 0.25) is 0 Å². The molecular weight excluding hydrogens is 957 g/mol. The number of ether oxygens (including phenoxy) is 2. The normalized spacial score (nSPS) is 16.4. The zero-order valence-electron chi connectivity index (χ0n) is 42.6. The molecule has 71 heavy (non-hydrogen) atoms. The number of carboxylic acid groups (broad SMARTS) is 1. The number of hydrogen-bond acceptors (Lipinski definition) is 9. The van der Waals surface area contributed by atoms with Gasteiger partial charge in [-0.3, -0.25) is 9.59 Å². The third-order valence-corrected chi connectivity index (χ3v) is 16.3. The molecule has 2 atom stereocenters. The van der Waals surface area contributed by atoms with Crippen LogP contribution in [0.3, 0.4) is 0 Å². The molecule has 0 fully saturated rings. The van der Waals surface area contributed by atoms with Gasteiger partial charge < -0.3 is 28.7 Å². The van der Waals surface area contributed by atoms with Crippen molar-refractivity contribution in [1.82, 2.24) is 10.3 Å². The molecule has 2 aliphatic rings. The van der Waals surface area contributed by atoms with Crippen molar-refractivity contribution in [1.29, 1.82) is 0 Å². The van der Waals surface area contributed by atoms with Gasteiger partial charge in [-0.25, -0.2) is 0 Å². The number of rotatable bonds is 16. The van der Waals surface area contributed by atoms with Crippen LogP contribution in [0.4, 0.5) is 0 Å². The molecule has 2 aliphatic carbocycles. The van der Waals surface area contributed by atoms with Crippen molar-refractivity contribution in [2.24, 2.45) is 0 Å². The fourth-order valence-electron chi connectivity index (χ4n) is 10.7. The summed E-state index contributed by atoms with van der Waals surface area (Å²) in [6, 6.07) is 31.7. The molecule has 6 aromatic rings. The van der Waals surface area contributed by atoms with Crippen LogP contribution in [0.2, 0.25) is 0 Å². The lowest BCUT2D eigenvalue weighted by atomic mass is 9.59. The molecule has 2 heterocycles. The number of nitrogens with zero attached hydrogens (tertiary/aromatic N) is 2. The molecule has 11 heteroatoms. The van der Waals surface area contributed by atoms with E-state index in [1.54, 1.807) is 47.5 Å². The smallest absolute Gasteiger partial charge is 0.306 e. The summed E-state index contributed by atoms with van der Waals surface area (Å²) in [5.74, 6) is -0.860. The number of halogens is 1. The number of methoxy groups -OCH3 is 1. The van der Waals surface area contributed by atoms with E-state index < -0.39 is 5.97 Å². The maximum absolute atomic E-state index is 11.4. The first-order valence-corrected chi connectivity index (χ1v) is 26.0. The first kappa shape index (κ1) is 56.2. The molecule has 382 valence electrons. The van der Waals surface area contributed by atoms with E-state index in [0.29, 0.717) is 28.8 Å². The van der Waals surface area contributed by atoms with Gasteiger partial charge in [-0.15, -0.1) is 0 Å². The lowest BCUT2D eigenvalue weighted by Gasteiger charge is -2.45. The highest BCUT2D eigenvalue weighted by molar-refractivity contribution is 9.08. The third-order valence-electron chi connectivity index (χ3n) is 15.7. The number of carboxylic acids is 1. The Balaban J connectivity index is 0.000000215. The zero-order chi connectivity index (χ0) is 50.7. The van der Waals surface area contributed by atoms with Crippen molar-refractivity contribution in [3.05, 3.63) is 165 Å². The third kappa shape index (κ3) is 13.2. The van der Waals surface area contributed by atoms with E-state index in [0.717, 1.165) is 35.0 Å². The van der Waals surface area contributed by atoms with Gasteiger partial charge in [0, 0.05) is 29.3 Å². The Hall–Kier alpha value is -5.68. The number of phenols is 1. The van der Waals surface area contributed by atoms with Gasteiger partial charge in [0.25, 0.3) is 0 Å². The minimum Gasteiger partial charge on any atom is -0.508 e. The number of aromatic hydroxyl groups is 1. The SMILES string of the molecule is C.CCC1(CC)CCC(C)(C)c2ccc(CBr)cc21.CCC1(CC)CCC(C)(C)c2ccc(COc3ccc([C@H](CC(=O)O)c4ccon4)cc3)cc21.COC(=O)C[C@@H](c1ccc(O)cc1)c1ccon1. The fraction of sp³-hybridized carbons (Fsp3) is 0.467. The number of carbonyl (C=O) groups is 2. The first-order chi connectivity index (χ1) is 33.5. The van der Waals surface area contributed by atoms with E-state index in [-0.39, 0.29) is 54.7 Å². The number of phenolic OH excluding ortho intramolecular Hbond substituents is 1. The minimum atomic E-state index is -0.876. The standard InChI is InChI=1S/C29H35NO4.C17H25Br.C13H13NO4.CH4/c1-5-29(6-2)15-14-28(3,4)24-12-7-20(17-25(24)29)19-33-22-10-8-21(9-11-22)23(18-27(31)32)26-13-16-34-30-26;1-5-17(6-2)10-9-16(3,4)14-8-7-13(12-18)11-15(14)17;1-17-13(16)8-11(12-6-7-18-14-12)9-2-4-10(15)5-3-9;/h7-13,16-17,23H,5-6,14-15,18-19H2,1-4H3,(H,31,32);7-8,11H,5-6,9-10,12H2,1-4H3;2-7,11,15H,8H2,1H3;1H4/t23-;;11-;/m0.0./s1.